The van der Waals surface area contributed by atoms with Crippen molar-refractivity contribution in [2.24, 2.45) is 5.92 Å². The Balaban J connectivity index is 0.000000125. The molecule has 0 heterocycles. The zero-order valence-corrected chi connectivity index (χ0v) is 20.3. The molecule has 0 amide bonds. The third-order valence-electron chi connectivity index (χ3n) is 6.98. The Morgan fingerprint density at radius 2 is 1.48 bits per heavy atom. The lowest BCUT2D eigenvalue weighted by Crippen LogP contribution is -2.03. The van der Waals surface area contributed by atoms with E-state index in [1.54, 1.807) is 11.1 Å². The van der Waals surface area contributed by atoms with Gasteiger partial charge in [0.05, 0.1) is 0 Å². The van der Waals surface area contributed by atoms with Gasteiger partial charge in [0.2, 0.25) is 0 Å². The second kappa shape index (κ2) is 7.50. The average Bonchev–Trinajstić information content (AvgIpc) is 3.45. The quantitative estimate of drug-likeness (QED) is 0.363. The van der Waals surface area contributed by atoms with E-state index in [2.05, 4.69) is 57.0 Å². The van der Waals surface area contributed by atoms with E-state index in [9.17, 15) is 4.79 Å². The molecule has 2 aromatic rings. The molecule has 150 valence electrons. The molecule has 6 rings (SSSR count). The van der Waals surface area contributed by atoms with Gasteiger partial charge in [-0.1, -0.05) is 56.5 Å². The third kappa shape index (κ3) is 3.29. The first-order valence-electron chi connectivity index (χ1n) is 10.8. The van der Waals surface area contributed by atoms with Crippen molar-refractivity contribution in [1.29, 1.82) is 0 Å². The molecule has 0 radical (unpaired) electrons. The van der Waals surface area contributed by atoms with Gasteiger partial charge in [-0.2, -0.15) is 0 Å². The normalized spacial score (nSPS) is 20.6. The molecule has 2 aromatic carbocycles. The Hall–Kier alpha value is -1.19. The van der Waals surface area contributed by atoms with Gasteiger partial charge in [-0.3, -0.25) is 4.79 Å². The number of fused-ring (bicyclic) bond motifs is 4. The van der Waals surface area contributed by atoms with Crippen molar-refractivity contribution < 1.29 is 4.79 Å². The second-order valence-electron chi connectivity index (χ2n) is 9.09. The van der Waals surface area contributed by atoms with Crippen molar-refractivity contribution in [2.45, 2.75) is 65.2 Å². The fourth-order valence-corrected chi connectivity index (χ4v) is 7.14. The van der Waals surface area contributed by atoms with Crippen LogP contribution in [-0.2, 0) is 38.5 Å². The standard InChI is InChI=1S/C13H13BrO.C13H13Br/c1-7-5-10-11(13(7)15)6-8-3-2-4-9(8)12(10)14;1-8-5-10-7-9-3-2-4-11(9)13(14)12(10)6-8/h6-7H,2-5H2,1H3;5,7H,2-4,6H2,1H3. The van der Waals surface area contributed by atoms with Crippen LogP contribution in [-0.4, -0.2) is 5.78 Å². The summed E-state index contributed by atoms with van der Waals surface area (Å²) in [6.45, 7) is 4.25. The molecule has 0 aliphatic heterocycles. The summed E-state index contributed by atoms with van der Waals surface area (Å²) in [6, 6.07) is 4.55. The fourth-order valence-electron chi connectivity index (χ4n) is 5.49. The molecule has 0 aromatic heterocycles. The van der Waals surface area contributed by atoms with Crippen LogP contribution in [0.25, 0.3) is 6.08 Å². The first-order valence-corrected chi connectivity index (χ1v) is 12.4. The van der Waals surface area contributed by atoms with Gasteiger partial charge in [-0.25, -0.2) is 0 Å². The number of ketones is 1. The molecule has 0 saturated carbocycles. The van der Waals surface area contributed by atoms with Gasteiger partial charge < -0.3 is 0 Å². The molecule has 0 bridgehead atoms. The van der Waals surface area contributed by atoms with Crippen molar-refractivity contribution in [3.63, 3.8) is 0 Å². The SMILES string of the molecule is CC1=Cc2cc3c(c(Br)c2C1)CCC3.CC1Cc2c(cc3c(c2Br)CCC3)C1=O. The van der Waals surface area contributed by atoms with Gasteiger partial charge in [0.1, 0.15) is 0 Å². The number of hydrogen-bond acceptors (Lipinski definition) is 1. The van der Waals surface area contributed by atoms with E-state index < -0.39 is 0 Å². The van der Waals surface area contributed by atoms with Crippen molar-refractivity contribution in [3.05, 3.63) is 71.2 Å². The average molecular weight is 514 g/mol. The predicted molar refractivity (Wildman–Crippen MR) is 127 cm³/mol. The Labute approximate surface area is 190 Å². The first-order chi connectivity index (χ1) is 13.9. The summed E-state index contributed by atoms with van der Waals surface area (Å²) in [4.78, 5) is 11.9. The van der Waals surface area contributed by atoms with Crippen LogP contribution in [0.5, 0.6) is 0 Å². The van der Waals surface area contributed by atoms with Crippen LogP contribution in [0.1, 0.15) is 76.0 Å². The zero-order valence-electron chi connectivity index (χ0n) is 17.1. The Morgan fingerprint density at radius 1 is 0.862 bits per heavy atom. The molecule has 3 heteroatoms. The zero-order chi connectivity index (χ0) is 20.3. The largest absolute Gasteiger partial charge is 0.294 e. The van der Waals surface area contributed by atoms with Gasteiger partial charge in [0.15, 0.2) is 5.78 Å². The molecular formula is C26H26Br2O. The lowest BCUT2D eigenvalue weighted by molar-refractivity contribution is 0.0946. The number of allylic oxidation sites excluding steroid dienone is 1. The van der Waals surface area contributed by atoms with Crippen LogP contribution in [0.4, 0.5) is 0 Å². The third-order valence-corrected chi connectivity index (χ3v) is 8.90. The lowest BCUT2D eigenvalue weighted by atomic mass is 10.0. The number of halogens is 2. The van der Waals surface area contributed by atoms with Crippen LogP contribution in [0.15, 0.2) is 26.7 Å². The van der Waals surface area contributed by atoms with Gasteiger partial charge in [-0.15, -0.1) is 0 Å². The molecular weight excluding hydrogens is 488 g/mol. The smallest absolute Gasteiger partial charge is 0.166 e. The summed E-state index contributed by atoms with van der Waals surface area (Å²) >= 11 is 7.46. The Kier molecular flexibility index (Phi) is 5.11. The maximum Gasteiger partial charge on any atom is 0.166 e. The van der Waals surface area contributed by atoms with Gasteiger partial charge in [0, 0.05) is 20.4 Å². The van der Waals surface area contributed by atoms with Gasteiger partial charge in [0.25, 0.3) is 0 Å². The highest BCUT2D eigenvalue weighted by molar-refractivity contribution is 9.10. The minimum absolute atomic E-state index is 0.179. The Bertz CT molecular complexity index is 1080. The van der Waals surface area contributed by atoms with Gasteiger partial charge in [-0.05, 0) is 103 Å². The van der Waals surface area contributed by atoms with Crippen LogP contribution in [0.2, 0.25) is 0 Å². The van der Waals surface area contributed by atoms with E-state index in [1.807, 2.05) is 6.92 Å². The summed E-state index contributed by atoms with van der Waals surface area (Å²) in [7, 11) is 0. The molecule has 29 heavy (non-hydrogen) atoms. The maximum atomic E-state index is 11.9. The van der Waals surface area contributed by atoms with Crippen LogP contribution in [0.3, 0.4) is 0 Å². The highest BCUT2D eigenvalue weighted by Gasteiger charge is 2.31. The van der Waals surface area contributed by atoms with E-state index in [-0.39, 0.29) is 5.92 Å². The topological polar surface area (TPSA) is 17.1 Å². The molecule has 4 aliphatic carbocycles. The number of carbonyl (C=O) groups is 1. The minimum atomic E-state index is 0.179. The summed E-state index contributed by atoms with van der Waals surface area (Å²) in [5.74, 6) is 0.513. The molecule has 1 atom stereocenters. The molecule has 0 spiro atoms. The molecule has 1 unspecified atom stereocenters. The summed E-state index contributed by atoms with van der Waals surface area (Å²) in [5.41, 5.74) is 12.7. The molecule has 1 nitrogen and oxygen atoms in total. The number of carbonyl (C=O) groups excluding carboxylic acids is 1. The highest BCUT2D eigenvalue weighted by Crippen LogP contribution is 2.40. The van der Waals surface area contributed by atoms with Crippen LogP contribution >= 0.6 is 31.9 Å². The number of benzene rings is 2. The lowest BCUT2D eigenvalue weighted by Gasteiger charge is -2.09. The van der Waals surface area contributed by atoms with Crippen molar-refractivity contribution >= 4 is 43.7 Å². The fraction of sp³-hybridized carbons (Fsp3) is 0.423. The van der Waals surface area contributed by atoms with E-state index in [0.717, 1.165) is 24.8 Å². The highest BCUT2D eigenvalue weighted by atomic mass is 79.9. The molecule has 4 aliphatic rings. The van der Waals surface area contributed by atoms with Crippen molar-refractivity contribution in [3.8, 4) is 0 Å². The predicted octanol–water partition coefficient (Wildman–Crippen LogP) is 7.21. The van der Waals surface area contributed by atoms with E-state index in [0.29, 0.717) is 5.78 Å². The molecule has 0 N–H and O–H groups in total. The number of Topliss-reactive ketones (excluding diaryl/α,β-unsaturated/α-hetero) is 1. The van der Waals surface area contributed by atoms with E-state index in [4.69, 9.17) is 0 Å². The number of hydrogen-bond donors (Lipinski definition) is 0. The maximum absolute atomic E-state index is 11.9. The first kappa shape index (κ1) is 19.8. The van der Waals surface area contributed by atoms with Crippen molar-refractivity contribution in [2.75, 3.05) is 0 Å². The van der Waals surface area contributed by atoms with Crippen LogP contribution in [0, 0.1) is 5.92 Å². The Morgan fingerprint density at radius 3 is 2.17 bits per heavy atom. The van der Waals surface area contributed by atoms with Crippen LogP contribution < -0.4 is 0 Å². The summed E-state index contributed by atoms with van der Waals surface area (Å²) in [6.07, 6.45) is 11.8. The van der Waals surface area contributed by atoms with E-state index in [1.165, 1.54) is 74.4 Å². The minimum Gasteiger partial charge on any atom is -0.294 e. The summed E-state index contributed by atoms with van der Waals surface area (Å²) in [5, 5.41) is 0. The number of aryl methyl sites for hydroxylation is 2. The number of rotatable bonds is 0. The second-order valence-corrected chi connectivity index (χ2v) is 10.7. The monoisotopic (exact) mass is 512 g/mol. The van der Waals surface area contributed by atoms with E-state index >= 15 is 0 Å². The summed E-state index contributed by atoms with van der Waals surface area (Å²) < 4.78 is 2.63. The van der Waals surface area contributed by atoms with Gasteiger partial charge >= 0.3 is 0 Å². The molecule has 0 fully saturated rings. The molecule has 0 saturated heterocycles. The van der Waals surface area contributed by atoms with Crippen molar-refractivity contribution in [1.82, 2.24) is 0 Å².